The zero-order valence-electron chi connectivity index (χ0n) is 13.2. The van der Waals surface area contributed by atoms with Crippen molar-refractivity contribution in [1.82, 2.24) is 5.43 Å². The zero-order valence-corrected chi connectivity index (χ0v) is 13.9. The maximum absolute atomic E-state index is 11.8. The van der Waals surface area contributed by atoms with E-state index in [4.69, 9.17) is 16.3 Å². The Morgan fingerprint density at radius 3 is 2.21 bits per heavy atom. The number of carbonyl (C=O) groups excluding carboxylic acids is 2. The van der Waals surface area contributed by atoms with E-state index in [0.717, 1.165) is 11.3 Å². The fourth-order valence-corrected chi connectivity index (χ4v) is 1.93. The molecule has 0 unspecified atom stereocenters. The summed E-state index contributed by atoms with van der Waals surface area (Å²) in [5.74, 6) is -0.959. The lowest BCUT2D eigenvalue weighted by Gasteiger charge is -2.05. The van der Waals surface area contributed by atoms with Crippen molar-refractivity contribution in [2.24, 2.45) is 5.10 Å². The van der Waals surface area contributed by atoms with Crippen LogP contribution in [0.25, 0.3) is 0 Å². The molecule has 24 heavy (non-hydrogen) atoms. The van der Waals surface area contributed by atoms with Crippen molar-refractivity contribution in [3.63, 3.8) is 0 Å². The van der Waals surface area contributed by atoms with E-state index in [2.05, 4.69) is 15.8 Å². The number of rotatable bonds is 4. The number of carbonyl (C=O) groups is 2. The third-order valence-electron chi connectivity index (χ3n) is 3.14. The van der Waals surface area contributed by atoms with E-state index in [1.165, 1.54) is 0 Å². The number of hydrogen-bond donors (Lipinski definition) is 2. The van der Waals surface area contributed by atoms with Gasteiger partial charge in [-0.2, -0.15) is 5.10 Å². The van der Waals surface area contributed by atoms with E-state index in [-0.39, 0.29) is 0 Å². The number of hydrazone groups is 1. The minimum atomic E-state index is -0.863. The largest absolute Gasteiger partial charge is 0.497 e. The molecule has 0 radical (unpaired) electrons. The fraction of sp³-hybridized carbons (Fsp3) is 0.118. The van der Waals surface area contributed by atoms with E-state index in [9.17, 15) is 9.59 Å². The van der Waals surface area contributed by atoms with Crippen LogP contribution in [0.15, 0.2) is 53.6 Å². The van der Waals surface area contributed by atoms with Gasteiger partial charge in [-0.05, 0) is 61.0 Å². The standard InChI is InChI=1S/C17H16ClN3O3/c1-11(12-3-9-15(24-2)10-4-12)20-21-17(23)16(22)19-14-7-5-13(18)6-8-14/h3-10H,1-2H3,(H,19,22)(H,21,23)/b20-11+. The number of ether oxygens (including phenoxy) is 1. The highest BCUT2D eigenvalue weighted by Gasteiger charge is 2.13. The molecule has 2 N–H and O–H groups in total. The first kappa shape index (κ1) is 17.5. The van der Waals surface area contributed by atoms with Crippen molar-refractivity contribution in [2.75, 3.05) is 12.4 Å². The molecular formula is C17H16ClN3O3. The fourth-order valence-electron chi connectivity index (χ4n) is 1.80. The van der Waals surface area contributed by atoms with Gasteiger partial charge in [0.15, 0.2) is 0 Å². The van der Waals surface area contributed by atoms with Crippen LogP contribution in [0.4, 0.5) is 5.69 Å². The highest BCUT2D eigenvalue weighted by atomic mass is 35.5. The van der Waals surface area contributed by atoms with Crippen LogP contribution in [0.2, 0.25) is 5.02 Å². The predicted molar refractivity (Wildman–Crippen MR) is 93.4 cm³/mol. The molecule has 6 nitrogen and oxygen atoms in total. The molecule has 0 saturated carbocycles. The summed E-state index contributed by atoms with van der Waals surface area (Å²) < 4.78 is 5.07. The van der Waals surface area contributed by atoms with Crippen molar-refractivity contribution in [2.45, 2.75) is 6.92 Å². The van der Waals surface area contributed by atoms with E-state index in [0.29, 0.717) is 16.4 Å². The third kappa shape index (κ3) is 4.82. The van der Waals surface area contributed by atoms with Crippen LogP contribution in [0.3, 0.4) is 0 Å². The molecule has 2 aromatic carbocycles. The smallest absolute Gasteiger partial charge is 0.329 e. The Morgan fingerprint density at radius 1 is 1.00 bits per heavy atom. The number of methoxy groups -OCH3 is 1. The minimum Gasteiger partial charge on any atom is -0.497 e. The van der Waals surface area contributed by atoms with Crippen LogP contribution >= 0.6 is 11.6 Å². The Labute approximate surface area is 144 Å². The lowest BCUT2D eigenvalue weighted by molar-refractivity contribution is -0.136. The van der Waals surface area contributed by atoms with Crippen LogP contribution in [-0.4, -0.2) is 24.6 Å². The van der Waals surface area contributed by atoms with Gasteiger partial charge in [0.1, 0.15) is 5.75 Å². The summed E-state index contributed by atoms with van der Waals surface area (Å²) in [7, 11) is 1.58. The van der Waals surface area contributed by atoms with Crippen molar-refractivity contribution >= 4 is 34.8 Å². The first-order chi connectivity index (χ1) is 11.5. The molecule has 2 amide bonds. The van der Waals surface area contributed by atoms with Gasteiger partial charge in [0.25, 0.3) is 0 Å². The van der Waals surface area contributed by atoms with Crippen LogP contribution in [0.5, 0.6) is 5.75 Å². The van der Waals surface area contributed by atoms with E-state index in [1.54, 1.807) is 62.6 Å². The number of hydrogen-bond acceptors (Lipinski definition) is 4. The molecular weight excluding hydrogens is 330 g/mol. The summed E-state index contributed by atoms with van der Waals surface area (Å²) in [6, 6.07) is 13.6. The summed E-state index contributed by atoms with van der Waals surface area (Å²) in [5, 5.41) is 6.91. The third-order valence-corrected chi connectivity index (χ3v) is 3.39. The minimum absolute atomic E-state index is 0.468. The van der Waals surface area contributed by atoms with Crippen LogP contribution < -0.4 is 15.5 Å². The van der Waals surface area contributed by atoms with Gasteiger partial charge in [-0.15, -0.1) is 0 Å². The number of amides is 2. The van der Waals surface area contributed by atoms with Gasteiger partial charge in [0, 0.05) is 10.7 Å². The highest BCUT2D eigenvalue weighted by Crippen LogP contribution is 2.13. The summed E-state index contributed by atoms with van der Waals surface area (Å²) in [6.45, 7) is 1.72. The van der Waals surface area contributed by atoms with Crippen molar-refractivity contribution in [3.8, 4) is 5.75 Å². The molecule has 0 fully saturated rings. The Kier molecular flexibility index (Phi) is 5.92. The maximum Gasteiger partial charge on any atom is 0.329 e. The lowest BCUT2D eigenvalue weighted by atomic mass is 10.1. The average Bonchev–Trinajstić information content (AvgIpc) is 2.61. The van der Waals surface area contributed by atoms with Crippen molar-refractivity contribution < 1.29 is 14.3 Å². The van der Waals surface area contributed by atoms with Gasteiger partial charge >= 0.3 is 11.8 Å². The normalized spacial score (nSPS) is 10.9. The first-order valence-electron chi connectivity index (χ1n) is 7.05. The number of nitrogens with one attached hydrogen (secondary N) is 2. The quantitative estimate of drug-likeness (QED) is 0.508. The van der Waals surface area contributed by atoms with Crippen molar-refractivity contribution in [1.29, 1.82) is 0 Å². The summed E-state index contributed by atoms with van der Waals surface area (Å²) in [4.78, 5) is 23.6. The second-order valence-electron chi connectivity index (χ2n) is 4.83. The SMILES string of the molecule is COc1ccc(/C(C)=N/NC(=O)C(=O)Nc2ccc(Cl)cc2)cc1. The van der Waals surface area contributed by atoms with Gasteiger partial charge in [-0.25, -0.2) is 5.43 Å². The Morgan fingerprint density at radius 2 is 1.62 bits per heavy atom. The first-order valence-corrected chi connectivity index (χ1v) is 7.43. The summed E-state index contributed by atoms with van der Waals surface area (Å²) >= 11 is 5.75. The molecule has 0 saturated heterocycles. The van der Waals surface area contributed by atoms with Crippen LogP contribution in [-0.2, 0) is 9.59 Å². The highest BCUT2D eigenvalue weighted by molar-refractivity contribution is 6.39. The Hall–Kier alpha value is -2.86. The molecule has 124 valence electrons. The molecule has 2 rings (SSSR count). The Balaban J connectivity index is 1.94. The van der Waals surface area contributed by atoms with Gasteiger partial charge < -0.3 is 10.1 Å². The van der Waals surface area contributed by atoms with E-state index >= 15 is 0 Å². The molecule has 2 aromatic rings. The number of benzene rings is 2. The van der Waals surface area contributed by atoms with Gasteiger partial charge in [-0.1, -0.05) is 11.6 Å². The number of nitrogens with zero attached hydrogens (tertiary/aromatic N) is 1. The van der Waals surface area contributed by atoms with Crippen LogP contribution in [0.1, 0.15) is 12.5 Å². The van der Waals surface area contributed by atoms with Crippen molar-refractivity contribution in [3.05, 3.63) is 59.1 Å². The molecule has 0 heterocycles. The molecule has 0 aliphatic rings. The second-order valence-corrected chi connectivity index (χ2v) is 5.26. The number of halogens is 1. The number of anilines is 1. The molecule has 0 spiro atoms. The Bertz CT molecular complexity index is 756. The zero-order chi connectivity index (χ0) is 17.5. The van der Waals surface area contributed by atoms with Gasteiger partial charge in [0.05, 0.1) is 12.8 Å². The van der Waals surface area contributed by atoms with Crippen LogP contribution in [0, 0.1) is 0 Å². The molecule has 0 atom stereocenters. The topological polar surface area (TPSA) is 79.8 Å². The second kappa shape index (κ2) is 8.12. The van der Waals surface area contributed by atoms with E-state index < -0.39 is 11.8 Å². The monoisotopic (exact) mass is 345 g/mol. The lowest BCUT2D eigenvalue weighted by Crippen LogP contribution is -2.32. The molecule has 0 aliphatic heterocycles. The predicted octanol–water partition coefficient (Wildman–Crippen LogP) is 2.83. The van der Waals surface area contributed by atoms with E-state index in [1.807, 2.05) is 0 Å². The molecule has 0 bridgehead atoms. The summed E-state index contributed by atoms with van der Waals surface area (Å²) in [5.41, 5.74) is 4.05. The van der Waals surface area contributed by atoms with Gasteiger partial charge in [-0.3, -0.25) is 9.59 Å². The molecule has 7 heteroatoms. The van der Waals surface area contributed by atoms with Gasteiger partial charge in [0.2, 0.25) is 0 Å². The molecule has 0 aromatic heterocycles. The molecule has 0 aliphatic carbocycles. The maximum atomic E-state index is 11.8. The summed E-state index contributed by atoms with van der Waals surface area (Å²) in [6.07, 6.45) is 0. The average molecular weight is 346 g/mol.